The zero-order chi connectivity index (χ0) is 9.68. The molecule has 0 N–H and O–H groups in total. The van der Waals surface area contributed by atoms with Crippen LogP contribution in [0.1, 0.15) is 58.8 Å². The summed E-state index contributed by atoms with van der Waals surface area (Å²) >= 11 is 5.97. The van der Waals surface area contributed by atoms with Gasteiger partial charge in [0, 0.05) is 5.38 Å². The third-order valence-corrected chi connectivity index (χ3v) is 3.66. The highest BCUT2D eigenvalue weighted by Crippen LogP contribution is 2.33. The first-order valence-electron chi connectivity index (χ1n) is 5.86. The van der Waals surface area contributed by atoms with E-state index in [0.717, 1.165) is 11.8 Å². The van der Waals surface area contributed by atoms with Gasteiger partial charge in [-0.2, -0.15) is 0 Å². The summed E-state index contributed by atoms with van der Waals surface area (Å²) in [7, 11) is 0. The number of rotatable bonds is 4. The molecule has 3 unspecified atom stereocenters. The molecule has 13 heavy (non-hydrogen) atoms. The number of hydrogen-bond acceptors (Lipinski definition) is 0. The molecule has 0 spiro atoms. The fraction of sp³-hybridized carbons (Fsp3) is 1.00. The molecule has 3 atom stereocenters. The van der Waals surface area contributed by atoms with Crippen LogP contribution in [0.4, 0.5) is 0 Å². The van der Waals surface area contributed by atoms with Crippen molar-refractivity contribution in [3.8, 4) is 0 Å². The van der Waals surface area contributed by atoms with Crippen LogP contribution in [0.5, 0.6) is 0 Å². The van der Waals surface area contributed by atoms with Crippen molar-refractivity contribution in [2.24, 2.45) is 11.8 Å². The quantitative estimate of drug-likeness (QED) is 0.584. The summed E-state index contributed by atoms with van der Waals surface area (Å²) in [5.41, 5.74) is 0. The van der Waals surface area contributed by atoms with E-state index >= 15 is 0 Å². The van der Waals surface area contributed by atoms with Gasteiger partial charge in [0.15, 0.2) is 0 Å². The van der Waals surface area contributed by atoms with E-state index in [-0.39, 0.29) is 0 Å². The van der Waals surface area contributed by atoms with E-state index in [1.54, 1.807) is 0 Å². The van der Waals surface area contributed by atoms with E-state index in [0.29, 0.717) is 5.38 Å². The molecule has 0 aromatic carbocycles. The van der Waals surface area contributed by atoms with Crippen LogP contribution in [-0.2, 0) is 0 Å². The summed E-state index contributed by atoms with van der Waals surface area (Å²) in [6.45, 7) is 4.44. The van der Waals surface area contributed by atoms with Gasteiger partial charge in [-0.05, 0) is 38.0 Å². The van der Waals surface area contributed by atoms with Gasteiger partial charge < -0.3 is 0 Å². The van der Waals surface area contributed by atoms with Crippen LogP contribution in [0.3, 0.4) is 0 Å². The zero-order valence-electron chi connectivity index (χ0n) is 9.06. The van der Waals surface area contributed by atoms with Gasteiger partial charge in [0.1, 0.15) is 0 Å². The van der Waals surface area contributed by atoms with Crippen LogP contribution >= 0.6 is 11.6 Å². The Balaban J connectivity index is 2.18. The Bertz CT molecular complexity index is 131. The van der Waals surface area contributed by atoms with Crippen LogP contribution in [0, 0.1) is 11.8 Å². The van der Waals surface area contributed by atoms with E-state index in [9.17, 15) is 0 Å². The molecule has 0 amide bonds. The molecule has 1 aliphatic carbocycles. The Hall–Kier alpha value is 0.290. The lowest BCUT2D eigenvalue weighted by atomic mass is 9.78. The molecular weight excluding hydrogens is 180 g/mol. The molecule has 0 heterocycles. The normalized spacial score (nSPS) is 31.6. The zero-order valence-corrected chi connectivity index (χ0v) is 9.82. The molecule has 0 saturated heterocycles. The minimum Gasteiger partial charge on any atom is -0.123 e. The van der Waals surface area contributed by atoms with Gasteiger partial charge in [-0.15, -0.1) is 11.6 Å². The first kappa shape index (κ1) is 11.4. The van der Waals surface area contributed by atoms with E-state index in [1.807, 2.05) is 0 Å². The summed E-state index contributed by atoms with van der Waals surface area (Å²) < 4.78 is 0. The molecule has 1 aliphatic rings. The second-order valence-corrected chi connectivity index (χ2v) is 5.41. The highest BCUT2D eigenvalue weighted by Gasteiger charge is 2.20. The second-order valence-electron chi connectivity index (χ2n) is 4.67. The Morgan fingerprint density at radius 2 is 2.00 bits per heavy atom. The highest BCUT2D eigenvalue weighted by atomic mass is 35.5. The molecule has 0 aromatic heterocycles. The van der Waals surface area contributed by atoms with Gasteiger partial charge in [-0.1, -0.05) is 32.6 Å². The van der Waals surface area contributed by atoms with Crippen LogP contribution in [0.15, 0.2) is 0 Å². The molecule has 1 heteroatoms. The number of alkyl halides is 1. The van der Waals surface area contributed by atoms with Gasteiger partial charge in [0.05, 0.1) is 0 Å². The molecule has 0 aliphatic heterocycles. The molecule has 1 rings (SSSR count). The van der Waals surface area contributed by atoms with E-state index in [1.165, 1.54) is 44.9 Å². The topological polar surface area (TPSA) is 0 Å². The number of halogens is 1. The predicted octanol–water partition coefficient (Wildman–Crippen LogP) is 4.61. The van der Waals surface area contributed by atoms with E-state index in [2.05, 4.69) is 13.8 Å². The fourth-order valence-corrected chi connectivity index (χ4v) is 2.63. The maximum Gasteiger partial charge on any atom is 0.0307 e. The van der Waals surface area contributed by atoms with Gasteiger partial charge >= 0.3 is 0 Å². The monoisotopic (exact) mass is 202 g/mol. The van der Waals surface area contributed by atoms with Gasteiger partial charge in [0.2, 0.25) is 0 Å². The Labute approximate surface area is 88.1 Å². The van der Waals surface area contributed by atoms with Crippen molar-refractivity contribution in [1.82, 2.24) is 0 Å². The van der Waals surface area contributed by atoms with Crippen LogP contribution in [-0.4, -0.2) is 5.38 Å². The standard InChI is InChI=1S/C12H23Cl/c1-3-11-5-4-6-12(9-11)8-7-10(2)13/h10-12H,3-9H2,1-2H3. The summed E-state index contributed by atoms with van der Waals surface area (Å²) in [5.74, 6) is 2.00. The molecule has 1 fully saturated rings. The van der Waals surface area contributed by atoms with Crippen molar-refractivity contribution in [3.63, 3.8) is 0 Å². The third-order valence-electron chi connectivity index (χ3n) is 3.44. The molecular formula is C12H23Cl. The lowest BCUT2D eigenvalue weighted by molar-refractivity contribution is 0.246. The first-order valence-corrected chi connectivity index (χ1v) is 6.30. The summed E-state index contributed by atoms with van der Waals surface area (Å²) in [5, 5.41) is 0.377. The van der Waals surface area contributed by atoms with Crippen LogP contribution in [0.2, 0.25) is 0 Å². The smallest absolute Gasteiger partial charge is 0.0307 e. The van der Waals surface area contributed by atoms with Gasteiger partial charge in [-0.3, -0.25) is 0 Å². The van der Waals surface area contributed by atoms with Gasteiger partial charge in [0.25, 0.3) is 0 Å². The minimum atomic E-state index is 0.377. The SMILES string of the molecule is CCC1CCCC(CCC(C)Cl)C1. The summed E-state index contributed by atoms with van der Waals surface area (Å²) in [6.07, 6.45) is 9.82. The largest absolute Gasteiger partial charge is 0.123 e. The van der Waals surface area contributed by atoms with Crippen molar-refractivity contribution in [1.29, 1.82) is 0 Å². The molecule has 0 aromatic rings. The lowest BCUT2D eigenvalue weighted by Crippen LogP contribution is -2.15. The maximum atomic E-state index is 5.97. The Morgan fingerprint density at radius 3 is 2.62 bits per heavy atom. The molecule has 0 radical (unpaired) electrons. The first-order chi connectivity index (χ1) is 6.22. The Morgan fingerprint density at radius 1 is 1.31 bits per heavy atom. The van der Waals surface area contributed by atoms with Crippen molar-refractivity contribution in [2.75, 3.05) is 0 Å². The minimum absolute atomic E-state index is 0.377. The van der Waals surface area contributed by atoms with Crippen molar-refractivity contribution in [3.05, 3.63) is 0 Å². The molecule has 1 saturated carbocycles. The average Bonchev–Trinajstić information content (AvgIpc) is 2.15. The number of hydrogen-bond donors (Lipinski definition) is 0. The third kappa shape index (κ3) is 4.35. The van der Waals surface area contributed by atoms with E-state index < -0.39 is 0 Å². The second kappa shape index (κ2) is 5.90. The maximum absolute atomic E-state index is 5.97. The van der Waals surface area contributed by atoms with Crippen LogP contribution in [0.25, 0.3) is 0 Å². The lowest BCUT2D eigenvalue weighted by Gasteiger charge is -2.28. The van der Waals surface area contributed by atoms with Gasteiger partial charge in [-0.25, -0.2) is 0 Å². The molecule has 78 valence electrons. The van der Waals surface area contributed by atoms with Crippen molar-refractivity contribution in [2.45, 2.75) is 64.2 Å². The van der Waals surface area contributed by atoms with Crippen LogP contribution < -0.4 is 0 Å². The average molecular weight is 203 g/mol. The van der Waals surface area contributed by atoms with E-state index in [4.69, 9.17) is 11.6 Å². The Kier molecular flexibility index (Phi) is 5.16. The summed E-state index contributed by atoms with van der Waals surface area (Å²) in [4.78, 5) is 0. The van der Waals surface area contributed by atoms with Crippen molar-refractivity contribution >= 4 is 11.6 Å². The predicted molar refractivity (Wildman–Crippen MR) is 60.3 cm³/mol. The molecule has 0 bridgehead atoms. The molecule has 0 nitrogen and oxygen atoms in total. The highest BCUT2D eigenvalue weighted by molar-refractivity contribution is 6.20. The fourth-order valence-electron chi connectivity index (χ4n) is 2.50. The summed E-state index contributed by atoms with van der Waals surface area (Å²) in [6, 6.07) is 0. The van der Waals surface area contributed by atoms with Crippen molar-refractivity contribution < 1.29 is 0 Å².